The van der Waals surface area contributed by atoms with E-state index in [-0.39, 0.29) is 6.04 Å². The Bertz CT molecular complexity index is 662. The van der Waals surface area contributed by atoms with Gasteiger partial charge >= 0.3 is 0 Å². The Morgan fingerprint density at radius 1 is 1.05 bits per heavy atom. The molecule has 0 fully saturated rings. The molecule has 0 amide bonds. The molecule has 20 heavy (non-hydrogen) atoms. The van der Waals surface area contributed by atoms with Gasteiger partial charge in [0.25, 0.3) is 0 Å². The van der Waals surface area contributed by atoms with Crippen molar-refractivity contribution in [3.8, 4) is 0 Å². The molecule has 3 heteroatoms. The lowest BCUT2D eigenvalue weighted by molar-refractivity contribution is 0.832. The number of hydrogen-bond donors (Lipinski definition) is 1. The van der Waals surface area contributed by atoms with Crippen LogP contribution in [0.2, 0.25) is 0 Å². The van der Waals surface area contributed by atoms with Crippen LogP contribution in [0.5, 0.6) is 0 Å². The summed E-state index contributed by atoms with van der Waals surface area (Å²) in [5.41, 5.74) is 4.29. The van der Waals surface area contributed by atoms with Crippen molar-refractivity contribution >= 4 is 28.6 Å². The first kappa shape index (κ1) is 13.0. The molecule has 0 radical (unpaired) electrons. The van der Waals surface area contributed by atoms with Crippen LogP contribution >= 0.6 is 12.2 Å². The SMILES string of the molecule is CCC1N=C(c2ccccc2)c2ccccc2NC1=S. The highest BCUT2D eigenvalue weighted by molar-refractivity contribution is 7.80. The number of nitrogens with one attached hydrogen (secondary N) is 1. The van der Waals surface area contributed by atoms with Crippen LogP contribution in [0.25, 0.3) is 0 Å². The van der Waals surface area contributed by atoms with Crippen LogP contribution in [-0.2, 0) is 0 Å². The number of aliphatic imine (C=N–C) groups is 1. The molecule has 1 aliphatic heterocycles. The highest BCUT2D eigenvalue weighted by atomic mass is 32.1. The third kappa shape index (κ3) is 2.37. The minimum Gasteiger partial charge on any atom is -0.348 e. The highest BCUT2D eigenvalue weighted by Crippen LogP contribution is 2.25. The molecule has 0 aromatic heterocycles. The Morgan fingerprint density at radius 2 is 1.75 bits per heavy atom. The van der Waals surface area contributed by atoms with Gasteiger partial charge in [0.05, 0.1) is 5.71 Å². The second-order valence-electron chi connectivity index (χ2n) is 4.80. The van der Waals surface area contributed by atoms with E-state index in [9.17, 15) is 0 Å². The molecule has 100 valence electrons. The molecule has 1 N–H and O–H groups in total. The van der Waals surface area contributed by atoms with Gasteiger partial charge in [0.1, 0.15) is 11.0 Å². The fraction of sp³-hybridized carbons (Fsp3) is 0.176. The van der Waals surface area contributed by atoms with Crippen LogP contribution in [0.15, 0.2) is 59.6 Å². The number of benzodiazepines with no additional fused rings is 1. The molecular weight excluding hydrogens is 264 g/mol. The first-order chi connectivity index (χ1) is 9.79. The molecule has 1 aliphatic rings. The van der Waals surface area contributed by atoms with E-state index >= 15 is 0 Å². The number of fused-ring (bicyclic) bond motifs is 1. The molecule has 3 rings (SSSR count). The van der Waals surface area contributed by atoms with E-state index in [1.807, 2.05) is 30.3 Å². The number of para-hydroxylation sites is 1. The zero-order valence-electron chi connectivity index (χ0n) is 11.3. The molecule has 2 aromatic rings. The van der Waals surface area contributed by atoms with Crippen molar-refractivity contribution in [1.82, 2.24) is 0 Å². The van der Waals surface area contributed by atoms with Gasteiger partial charge in [0, 0.05) is 16.8 Å². The molecule has 0 saturated carbocycles. The average Bonchev–Trinajstić information content (AvgIpc) is 2.64. The second kappa shape index (κ2) is 5.55. The van der Waals surface area contributed by atoms with Crippen LogP contribution in [-0.4, -0.2) is 16.7 Å². The molecule has 1 unspecified atom stereocenters. The minimum absolute atomic E-state index is 0.0348. The molecule has 0 aliphatic carbocycles. The lowest BCUT2D eigenvalue weighted by Crippen LogP contribution is -2.22. The molecule has 0 spiro atoms. The van der Waals surface area contributed by atoms with Gasteiger partial charge in [0.15, 0.2) is 0 Å². The molecule has 2 nitrogen and oxygen atoms in total. The van der Waals surface area contributed by atoms with Crippen LogP contribution in [0.4, 0.5) is 5.69 Å². The van der Waals surface area contributed by atoms with Gasteiger partial charge in [-0.3, -0.25) is 4.99 Å². The van der Waals surface area contributed by atoms with E-state index in [4.69, 9.17) is 17.2 Å². The Labute approximate surface area is 124 Å². The minimum atomic E-state index is 0.0348. The summed E-state index contributed by atoms with van der Waals surface area (Å²) in [6.07, 6.45) is 0.899. The van der Waals surface area contributed by atoms with Gasteiger partial charge in [-0.1, -0.05) is 67.7 Å². The lowest BCUT2D eigenvalue weighted by atomic mass is 10.0. The van der Waals surface area contributed by atoms with Crippen molar-refractivity contribution in [2.45, 2.75) is 19.4 Å². The van der Waals surface area contributed by atoms with Gasteiger partial charge in [-0.2, -0.15) is 0 Å². The van der Waals surface area contributed by atoms with E-state index in [1.54, 1.807) is 0 Å². The maximum Gasteiger partial charge on any atom is 0.105 e. The van der Waals surface area contributed by atoms with E-state index < -0.39 is 0 Å². The molecule has 0 bridgehead atoms. The van der Waals surface area contributed by atoms with Crippen LogP contribution in [0, 0.1) is 0 Å². The van der Waals surface area contributed by atoms with Gasteiger partial charge in [-0.25, -0.2) is 0 Å². The van der Waals surface area contributed by atoms with E-state index in [1.165, 1.54) is 0 Å². The largest absolute Gasteiger partial charge is 0.348 e. The fourth-order valence-corrected chi connectivity index (χ4v) is 2.73. The number of anilines is 1. The molecule has 2 aromatic carbocycles. The van der Waals surface area contributed by atoms with Crippen LogP contribution in [0.3, 0.4) is 0 Å². The number of nitrogens with zero attached hydrogens (tertiary/aromatic N) is 1. The van der Waals surface area contributed by atoms with Gasteiger partial charge in [-0.05, 0) is 12.5 Å². The van der Waals surface area contributed by atoms with Gasteiger partial charge in [0.2, 0.25) is 0 Å². The standard InChI is InChI=1S/C17H16N2S/c1-2-14-17(20)19-15-11-7-6-10-13(15)16(18-14)12-8-4-3-5-9-12/h3-11,14H,2H2,1H3,(H,19,20). The van der Waals surface area contributed by atoms with Crippen LogP contribution < -0.4 is 5.32 Å². The monoisotopic (exact) mass is 280 g/mol. The van der Waals surface area contributed by atoms with Gasteiger partial charge < -0.3 is 5.32 Å². The Balaban J connectivity index is 2.20. The summed E-state index contributed by atoms with van der Waals surface area (Å²) in [5.74, 6) is 0. The Hall–Kier alpha value is -2.00. The third-order valence-corrected chi connectivity index (χ3v) is 3.84. The number of hydrogen-bond acceptors (Lipinski definition) is 2. The molecular formula is C17H16N2S. The number of benzene rings is 2. The van der Waals surface area contributed by atoms with E-state index in [0.29, 0.717) is 0 Å². The highest BCUT2D eigenvalue weighted by Gasteiger charge is 2.21. The number of rotatable bonds is 2. The Morgan fingerprint density at radius 3 is 2.50 bits per heavy atom. The topological polar surface area (TPSA) is 24.4 Å². The first-order valence-corrected chi connectivity index (χ1v) is 7.24. The van der Waals surface area contributed by atoms with Crippen molar-refractivity contribution in [3.63, 3.8) is 0 Å². The quantitative estimate of drug-likeness (QED) is 0.839. The maximum absolute atomic E-state index is 5.47. The first-order valence-electron chi connectivity index (χ1n) is 6.83. The number of thiocarbonyl (C=S) groups is 1. The van der Waals surface area contributed by atoms with E-state index in [0.717, 1.165) is 33.9 Å². The predicted molar refractivity (Wildman–Crippen MR) is 88.8 cm³/mol. The smallest absolute Gasteiger partial charge is 0.105 e. The van der Waals surface area contributed by atoms with Crippen molar-refractivity contribution in [2.75, 3.05) is 5.32 Å². The van der Waals surface area contributed by atoms with Crippen molar-refractivity contribution in [3.05, 3.63) is 65.7 Å². The predicted octanol–water partition coefficient (Wildman–Crippen LogP) is 4.06. The zero-order valence-corrected chi connectivity index (χ0v) is 12.2. The fourth-order valence-electron chi connectivity index (χ4n) is 2.40. The zero-order chi connectivity index (χ0) is 13.9. The summed E-state index contributed by atoms with van der Waals surface area (Å²) in [4.78, 5) is 5.70. The molecule has 1 atom stereocenters. The summed E-state index contributed by atoms with van der Waals surface area (Å²) >= 11 is 5.47. The average molecular weight is 280 g/mol. The summed E-state index contributed by atoms with van der Waals surface area (Å²) in [6.45, 7) is 2.11. The molecule has 0 saturated heterocycles. The van der Waals surface area contributed by atoms with Crippen LogP contribution in [0.1, 0.15) is 24.5 Å². The van der Waals surface area contributed by atoms with Crippen molar-refractivity contribution in [2.24, 2.45) is 4.99 Å². The van der Waals surface area contributed by atoms with Crippen molar-refractivity contribution < 1.29 is 0 Å². The summed E-state index contributed by atoms with van der Waals surface area (Å²) in [5, 5.41) is 3.34. The second-order valence-corrected chi connectivity index (χ2v) is 5.24. The summed E-state index contributed by atoms with van der Waals surface area (Å²) < 4.78 is 0. The summed E-state index contributed by atoms with van der Waals surface area (Å²) in [6, 6.07) is 18.5. The maximum atomic E-state index is 5.47. The van der Waals surface area contributed by atoms with Crippen molar-refractivity contribution in [1.29, 1.82) is 0 Å². The van der Waals surface area contributed by atoms with Gasteiger partial charge in [-0.15, -0.1) is 0 Å². The third-order valence-electron chi connectivity index (χ3n) is 3.46. The molecule has 1 heterocycles. The summed E-state index contributed by atoms with van der Waals surface area (Å²) in [7, 11) is 0. The Kier molecular flexibility index (Phi) is 3.61. The lowest BCUT2D eigenvalue weighted by Gasteiger charge is -2.10. The van der Waals surface area contributed by atoms with E-state index in [2.05, 4.69) is 36.5 Å². The normalized spacial score (nSPS) is 17.8.